The fraction of sp³-hybridized carbons (Fsp3) is 0.562. The summed E-state index contributed by atoms with van der Waals surface area (Å²) in [5.41, 5.74) is 1.27. The van der Waals surface area contributed by atoms with E-state index in [-0.39, 0.29) is 12.5 Å². The second kappa shape index (κ2) is 8.57. The first kappa shape index (κ1) is 15.5. The molecule has 0 heterocycles. The van der Waals surface area contributed by atoms with Gasteiger partial charge in [0.05, 0.1) is 0 Å². The molecule has 0 aliphatic carbocycles. The van der Waals surface area contributed by atoms with Crippen molar-refractivity contribution in [2.24, 2.45) is 5.92 Å². The summed E-state index contributed by atoms with van der Waals surface area (Å²) < 4.78 is 5.43. The molecular formula is C16H25NO2. The van der Waals surface area contributed by atoms with Crippen LogP contribution in [0.2, 0.25) is 0 Å². The van der Waals surface area contributed by atoms with Crippen LogP contribution in [-0.4, -0.2) is 19.1 Å². The van der Waals surface area contributed by atoms with Crippen molar-refractivity contribution in [3.05, 3.63) is 29.8 Å². The Balaban J connectivity index is 2.18. The van der Waals surface area contributed by atoms with Gasteiger partial charge in [0.25, 0.3) is 5.91 Å². The zero-order valence-corrected chi connectivity index (χ0v) is 12.2. The highest BCUT2D eigenvalue weighted by Gasteiger charge is 2.02. The summed E-state index contributed by atoms with van der Waals surface area (Å²) in [5, 5.41) is 2.87. The quantitative estimate of drug-likeness (QED) is 0.732. The molecule has 0 aromatic heterocycles. The Bertz CT molecular complexity index is 371. The Morgan fingerprint density at radius 2 is 1.95 bits per heavy atom. The third-order valence-electron chi connectivity index (χ3n) is 2.98. The van der Waals surface area contributed by atoms with Gasteiger partial charge < -0.3 is 10.1 Å². The largest absolute Gasteiger partial charge is 0.484 e. The lowest BCUT2D eigenvalue weighted by molar-refractivity contribution is -0.123. The number of rotatable bonds is 8. The highest BCUT2D eigenvalue weighted by molar-refractivity contribution is 5.77. The van der Waals surface area contributed by atoms with E-state index in [0.29, 0.717) is 5.92 Å². The van der Waals surface area contributed by atoms with Gasteiger partial charge in [-0.2, -0.15) is 0 Å². The summed E-state index contributed by atoms with van der Waals surface area (Å²) in [7, 11) is 0. The van der Waals surface area contributed by atoms with Crippen molar-refractivity contribution in [1.82, 2.24) is 5.32 Å². The van der Waals surface area contributed by atoms with Crippen LogP contribution in [0.1, 0.15) is 39.2 Å². The minimum Gasteiger partial charge on any atom is -0.484 e. The molecule has 0 aliphatic heterocycles. The Morgan fingerprint density at radius 3 is 2.53 bits per heavy atom. The predicted octanol–water partition coefficient (Wildman–Crippen LogP) is 3.18. The molecule has 0 bridgehead atoms. The molecule has 0 saturated heterocycles. The lowest BCUT2D eigenvalue weighted by Gasteiger charge is -2.08. The second-order valence-corrected chi connectivity index (χ2v) is 5.17. The van der Waals surface area contributed by atoms with Crippen LogP contribution in [0, 0.1) is 5.92 Å². The first-order chi connectivity index (χ1) is 9.11. The summed E-state index contributed by atoms with van der Waals surface area (Å²) in [5.74, 6) is 1.38. The van der Waals surface area contributed by atoms with E-state index in [4.69, 9.17) is 4.74 Å². The summed E-state index contributed by atoms with van der Waals surface area (Å²) in [6.45, 7) is 7.30. The molecule has 1 N–H and O–H groups in total. The second-order valence-electron chi connectivity index (χ2n) is 5.17. The number of aryl methyl sites for hydroxylation is 1. The molecule has 3 heteroatoms. The fourth-order valence-electron chi connectivity index (χ4n) is 1.76. The van der Waals surface area contributed by atoms with E-state index in [1.807, 2.05) is 24.3 Å². The van der Waals surface area contributed by atoms with Crippen LogP contribution in [0.5, 0.6) is 5.75 Å². The number of hydrogen-bond acceptors (Lipinski definition) is 2. The maximum Gasteiger partial charge on any atom is 0.257 e. The average molecular weight is 263 g/mol. The molecule has 0 fully saturated rings. The standard InChI is InChI=1S/C16H25NO2/c1-4-14-7-9-15(10-8-14)19-12-16(18)17-11-5-6-13(2)3/h7-10,13H,4-6,11-12H2,1-3H3,(H,17,18). The molecule has 19 heavy (non-hydrogen) atoms. The van der Waals surface area contributed by atoms with Crippen LogP contribution >= 0.6 is 0 Å². The van der Waals surface area contributed by atoms with E-state index >= 15 is 0 Å². The monoisotopic (exact) mass is 263 g/mol. The highest BCUT2D eigenvalue weighted by Crippen LogP contribution is 2.12. The maximum atomic E-state index is 11.5. The number of ether oxygens (including phenoxy) is 1. The van der Waals surface area contributed by atoms with E-state index in [0.717, 1.165) is 31.6 Å². The van der Waals surface area contributed by atoms with Crippen LogP contribution in [-0.2, 0) is 11.2 Å². The van der Waals surface area contributed by atoms with Crippen molar-refractivity contribution >= 4 is 5.91 Å². The van der Waals surface area contributed by atoms with E-state index in [1.165, 1.54) is 5.56 Å². The molecule has 1 aromatic carbocycles. The first-order valence-corrected chi connectivity index (χ1v) is 7.10. The van der Waals surface area contributed by atoms with Crippen LogP contribution in [0.15, 0.2) is 24.3 Å². The predicted molar refractivity (Wildman–Crippen MR) is 78.4 cm³/mol. The van der Waals surface area contributed by atoms with Gasteiger partial charge in [-0.25, -0.2) is 0 Å². The molecule has 0 atom stereocenters. The number of amides is 1. The Labute approximate surface area is 116 Å². The average Bonchev–Trinajstić information content (AvgIpc) is 2.41. The van der Waals surface area contributed by atoms with Crippen molar-refractivity contribution in [3.63, 3.8) is 0 Å². The van der Waals surface area contributed by atoms with E-state index < -0.39 is 0 Å². The summed E-state index contributed by atoms with van der Waals surface area (Å²) in [6.07, 6.45) is 3.17. The van der Waals surface area contributed by atoms with Gasteiger partial charge in [-0.3, -0.25) is 4.79 Å². The topological polar surface area (TPSA) is 38.3 Å². The van der Waals surface area contributed by atoms with Gasteiger partial charge in [-0.1, -0.05) is 32.9 Å². The van der Waals surface area contributed by atoms with E-state index in [9.17, 15) is 4.79 Å². The van der Waals surface area contributed by atoms with Crippen LogP contribution in [0.4, 0.5) is 0 Å². The minimum absolute atomic E-state index is 0.0525. The number of hydrogen-bond donors (Lipinski definition) is 1. The molecule has 0 aliphatic rings. The molecular weight excluding hydrogens is 238 g/mol. The Kier molecular flexibility index (Phi) is 7.01. The summed E-state index contributed by atoms with van der Waals surface area (Å²) in [6, 6.07) is 7.86. The number of benzene rings is 1. The van der Waals surface area contributed by atoms with Crippen LogP contribution in [0.25, 0.3) is 0 Å². The van der Waals surface area contributed by atoms with Gasteiger partial charge in [0, 0.05) is 6.54 Å². The van der Waals surface area contributed by atoms with E-state index in [2.05, 4.69) is 26.1 Å². The van der Waals surface area contributed by atoms with Gasteiger partial charge in [0.1, 0.15) is 5.75 Å². The van der Waals surface area contributed by atoms with Crippen molar-refractivity contribution in [1.29, 1.82) is 0 Å². The fourth-order valence-corrected chi connectivity index (χ4v) is 1.76. The van der Waals surface area contributed by atoms with Crippen LogP contribution < -0.4 is 10.1 Å². The zero-order valence-electron chi connectivity index (χ0n) is 12.2. The lowest BCUT2D eigenvalue weighted by atomic mass is 10.1. The Hall–Kier alpha value is -1.51. The van der Waals surface area contributed by atoms with Crippen molar-refractivity contribution in [2.45, 2.75) is 40.0 Å². The minimum atomic E-state index is -0.0525. The lowest BCUT2D eigenvalue weighted by Crippen LogP contribution is -2.29. The van der Waals surface area contributed by atoms with Gasteiger partial charge >= 0.3 is 0 Å². The van der Waals surface area contributed by atoms with Crippen molar-refractivity contribution in [3.8, 4) is 5.75 Å². The number of carbonyl (C=O) groups excluding carboxylic acids is 1. The SMILES string of the molecule is CCc1ccc(OCC(=O)NCCCC(C)C)cc1. The van der Waals surface area contributed by atoms with Crippen molar-refractivity contribution in [2.75, 3.05) is 13.2 Å². The molecule has 0 saturated carbocycles. The third kappa shape index (κ3) is 6.85. The van der Waals surface area contributed by atoms with Gasteiger partial charge in [0.15, 0.2) is 6.61 Å². The molecule has 106 valence electrons. The molecule has 1 rings (SSSR count). The molecule has 3 nitrogen and oxygen atoms in total. The highest BCUT2D eigenvalue weighted by atomic mass is 16.5. The summed E-state index contributed by atoms with van der Waals surface area (Å²) in [4.78, 5) is 11.5. The zero-order chi connectivity index (χ0) is 14.1. The molecule has 0 spiro atoms. The molecule has 1 aromatic rings. The van der Waals surface area contributed by atoms with Gasteiger partial charge in [-0.05, 0) is 42.9 Å². The Morgan fingerprint density at radius 1 is 1.26 bits per heavy atom. The summed E-state index contributed by atoms with van der Waals surface area (Å²) >= 11 is 0. The van der Waals surface area contributed by atoms with Crippen molar-refractivity contribution < 1.29 is 9.53 Å². The number of carbonyl (C=O) groups is 1. The smallest absolute Gasteiger partial charge is 0.257 e. The normalized spacial score (nSPS) is 10.5. The number of nitrogens with one attached hydrogen (secondary N) is 1. The third-order valence-corrected chi connectivity index (χ3v) is 2.98. The van der Waals surface area contributed by atoms with E-state index in [1.54, 1.807) is 0 Å². The van der Waals surface area contributed by atoms with Gasteiger partial charge in [-0.15, -0.1) is 0 Å². The molecule has 0 unspecified atom stereocenters. The molecule has 0 radical (unpaired) electrons. The van der Waals surface area contributed by atoms with Gasteiger partial charge in [0.2, 0.25) is 0 Å². The maximum absolute atomic E-state index is 11.5. The molecule has 1 amide bonds. The van der Waals surface area contributed by atoms with Crippen LogP contribution in [0.3, 0.4) is 0 Å². The first-order valence-electron chi connectivity index (χ1n) is 7.10.